The molecule has 5 nitrogen and oxygen atoms in total. The van der Waals surface area contributed by atoms with Gasteiger partial charge in [-0.15, -0.1) is 0 Å². The van der Waals surface area contributed by atoms with Crippen LogP contribution in [0.4, 0.5) is 17.3 Å². The molecule has 118 valence electrons. The van der Waals surface area contributed by atoms with E-state index in [-0.39, 0.29) is 0 Å². The minimum atomic E-state index is 0.632. The predicted octanol–water partition coefficient (Wildman–Crippen LogP) is 3.86. The third kappa shape index (κ3) is 4.35. The Morgan fingerprint density at radius 3 is 2.77 bits per heavy atom. The normalized spacial score (nSPS) is 10.3. The van der Waals surface area contributed by atoms with Gasteiger partial charge in [-0.3, -0.25) is 0 Å². The zero-order valence-corrected chi connectivity index (χ0v) is 13.5. The summed E-state index contributed by atoms with van der Waals surface area (Å²) < 4.78 is 5.62. The zero-order chi connectivity index (χ0) is 15.8. The van der Waals surface area contributed by atoms with Crippen LogP contribution in [0.3, 0.4) is 0 Å². The number of para-hydroxylation sites is 2. The molecule has 0 aliphatic carbocycles. The molecular formula is C17H24N4O. The van der Waals surface area contributed by atoms with Gasteiger partial charge in [-0.05, 0) is 25.5 Å². The summed E-state index contributed by atoms with van der Waals surface area (Å²) in [5.74, 6) is 2.50. The maximum atomic E-state index is 5.62. The highest BCUT2D eigenvalue weighted by Crippen LogP contribution is 2.27. The number of nitrogens with zero attached hydrogens (tertiary/aromatic N) is 3. The highest BCUT2D eigenvalue weighted by Gasteiger charge is 2.07. The second kappa shape index (κ2) is 8.22. The number of hydrogen-bond acceptors (Lipinski definition) is 5. The average molecular weight is 300 g/mol. The van der Waals surface area contributed by atoms with Crippen LogP contribution < -0.4 is 15.0 Å². The molecule has 0 amide bonds. The van der Waals surface area contributed by atoms with Crippen molar-refractivity contribution in [3.05, 3.63) is 36.7 Å². The molecule has 5 heteroatoms. The van der Waals surface area contributed by atoms with Crippen LogP contribution in [0.1, 0.15) is 26.7 Å². The second-order valence-corrected chi connectivity index (χ2v) is 5.09. The maximum Gasteiger partial charge on any atom is 0.142 e. The van der Waals surface area contributed by atoms with Crippen molar-refractivity contribution >= 4 is 17.3 Å². The summed E-state index contributed by atoms with van der Waals surface area (Å²) in [6.07, 6.45) is 3.90. The largest absolute Gasteiger partial charge is 0.492 e. The number of aromatic nitrogens is 2. The van der Waals surface area contributed by atoms with Crippen LogP contribution in [0.2, 0.25) is 0 Å². The third-order valence-electron chi connectivity index (χ3n) is 3.34. The summed E-state index contributed by atoms with van der Waals surface area (Å²) in [6.45, 7) is 5.78. The molecular weight excluding hydrogens is 276 g/mol. The molecule has 0 fully saturated rings. The van der Waals surface area contributed by atoms with Crippen molar-refractivity contribution in [3.63, 3.8) is 0 Å². The first-order valence-electron chi connectivity index (χ1n) is 7.76. The van der Waals surface area contributed by atoms with Crippen LogP contribution in [0.15, 0.2) is 36.7 Å². The molecule has 1 heterocycles. The molecule has 0 saturated heterocycles. The van der Waals surface area contributed by atoms with Crippen LogP contribution in [-0.2, 0) is 0 Å². The molecule has 0 bridgehead atoms. The first-order valence-corrected chi connectivity index (χ1v) is 7.76. The molecule has 0 aliphatic heterocycles. The van der Waals surface area contributed by atoms with Crippen LogP contribution >= 0.6 is 0 Å². The van der Waals surface area contributed by atoms with Gasteiger partial charge in [0.15, 0.2) is 0 Å². The summed E-state index contributed by atoms with van der Waals surface area (Å²) in [5.41, 5.74) is 0.908. The molecule has 0 unspecified atom stereocenters. The van der Waals surface area contributed by atoms with Gasteiger partial charge in [0.1, 0.15) is 23.7 Å². The Kier molecular flexibility index (Phi) is 6.01. The molecule has 0 spiro atoms. The smallest absolute Gasteiger partial charge is 0.142 e. The van der Waals surface area contributed by atoms with Gasteiger partial charge in [0.2, 0.25) is 0 Å². The van der Waals surface area contributed by atoms with Crippen molar-refractivity contribution in [2.75, 3.05) is 30.4 Å². The monoisotopic (exact) mass is 300 g/mol. The van der Waals surface area contributed by atoms with Gasteiger partial charge >= 0.3 is 0 Å². The number of anilines is 3. The Morgan fingerprint density at radius 1 is 1.18 bits per heavy atom. The van der Waals surface area contributed by atoms with Crippen LogP contribution in [-0.4, -0.2) is 30.2 Å². The van der Waals surface area contributed by atoms with E-state index in [1.54, 1.807) is 6.33 Å². The van der Waals surface area contributed by atoms with E-state index in [1.165, 1.54) is 6.42 Å². The van der Waals surface area contributed by atoms with Crippen molar-refractivity contribution in [3.8, 4) is 5.75 Å². The highest BCUT2D eigenvalue weighted by molar-refractivity contribution is 5.65. The number of unbranched alkanes of at least 4 members (excludes halogenated alkanes) is 1. The highest BCUT2D eigenvalue weighted by atomic mass is 16.5. The van der Waals surface area contributed by atoms with Gasteiger partial charge in [0.05, 0.1) is 12.3 Å². The van der Waals surface area contributed by atoms with E-state index in [0.717, 1.165) is 36.0 Å². The van der Waals surface area contributed by atoms with Crippen LogP contribution in [0.5, 0.6) is 5.75 Å². The van der Waals surface area contributed by atoms with Crippen molar-refractivity contribution < 1.29 is 4.74 Å². The van der Waals surface area contributed by atoms with Crippen molar-refractivity contribution in [1.29, 1.82) is 0 Å². The molecule has 1 aromatic carbocycles. The Morgan fingerprint density at radius 2 is 2.00 bits per heavy atom. The van der Waals surface area contributed by atoms with Crippen molar-refractivity contribution in [1.82, 2.24) is 9.97 Å². The third-order valence-corrected chi connectivity index (χ3v) is 3.34. The minimum Gasteiger partial charge on any atom is -0.492 e. The summed E-state index contributed by atoms with van der Waals surface area (Å²) >= 11 is 0. The fraction of sp³-hybridized carbons (Fsp3) is 0.412. The van der Waals surface area contributed by atoms with Crippen LogP contribution in [0, 0.1) is 0 Å². The van der Waals surface area contributed by atoms with E-state index < -0.39 is 0 Å². The number of ether oxygens (including phenoxy) is 1. The SMILES string of the molecule is CCCCN(C)c1cc(Nc2ccccc2OCC)ncn1. The molecule has 0 saturated carbocycles. The van der Waals surface area contributed by atoms with Gasteiger partial charge < -0.3 is 15.0 Å². The Bertz CT molecular complexity index is 588. The molecule has 0 aliphatic rings. The summed E-state index contributed by atoms with van der Waals surface area (Å²) in [4.78, 5) is 10.8. The molecule has 2 rings (SSSR count). The Labute approximate surface area is 132 Å². The van der Waals surface area contributed by atoms with Crippen LogP contribution in [0.25, 0.3) is 0 Å². The summed E-state index contributed by atoms with van der Waals surface area (Å²) in [7, 11) is 2.05. The first kappa shape index (κ1) is 16.1. The quantitative estimate of drug-likeness (QED) is 0.802. The molecule has 0 atom stereocenters. The number of benzene rings is 1. The van der Waals surface area contributed by atoms with Crippen molar-refractivity contribution in [2.24, 2.45) is 0 Å². The predicted molar refractivity (Wildman–Crippen MR) is 91.1 cm³/mol. The molecule has 2 aromatic rings. The lowest BCUT2D eigenvalue weighted by Gasteiger charge is -2.18. The summed E-state index contributed by atoms with van der Waals surface area (Å²) in [6, 6.07) is 9.81. The lowest BCUT2D eigenvalue weighted by Crippen LogP contribution is -2.19. The van der Waals surface area contributed by atoms with E-state index >= 15 is 0 Å². The zero-order valence-electron chi connectivity index (χ0n) is 13.5. The van der Waals surface area contributed by atoms with Gasteiger partial charge in [-0.25, -0.2) is 9.97 Å². The lowest BCUT2D eigenvalue weighted by molar-refractivity contribution is 0.342. The Balaban J connectivity index is 2.13. The fourth-order valence-electron chi connectivity index (χ4n) is 2.12. The van der Waals surface area contributed by atoms with E-state index in [4.69, 9.17) is 4.74 Å². The number of nitrogens with one attached hydrogen (secondary N) is 1. The van der Waals surface area contributed by atoms with E-state index in [0.29, 0.717) is 6.61 Å². The van der Waals surface area contributed by atoms with Gasteiger partial charge in [-0.1, -0.05) is 25.5 Å². The minimum absolute atomic E-state index is 0.632. The topological polar surface area (TPSA) is 50.3 Å². The second-order valence-electron chi connectivity index (χ2n) is 5.09. The fourth-order valence-corrected chi connectivity index (χ4v) is 2.12. The number of hydrogen-bond donors (Lipinski definition) is 1. The average Bonchev–Trinajstić information content (AvgIpc) is 2.55. The van der Waals surface area contributed by atoms with Gasteiger partial charge in [-0.2, -0.15) is 0 Å². The maximum absolute atomic E-state index is 5.62. The summed E-state index contributed by atoms with van der Waals surface area (Å²) in [5, 5.41) is 3.31. The van der Waals surface area contributed by atoms with E-state index in [1.807, 2.05) is 37.3 Å². The van der Waals surface area contributed by atoms with Crippen molar-refractivity contribution in [2.45, 2.75) is 26.7 Å². The standard InChI is InChI=1S/C17H24N4O/c1-4-6-11-21(3)17-12-16(18-13-19-17)20-14-9-7-8-10-15(14)22-5-2/h7-10,12-13H,4-6,11H2,1-3H3,(H,18,19,20). The van der Waals surface area contributed by atoms with E-state index in [9.17, 15) is 0 Å². The van der Waals surface area contributed by atoms with Gasteiger partial charge in [0.25, 0.3) is 0 Å². The molecule has 0 radical (unpaired) electrons. The first-order chi connectivity index (χ1) is 10.7. The lowest BCUT2D eigenvalue weighted by atomic mass is 10.3. The van der Waals surface area contributed by atoms with Gasteiger partial charge in [0, 0.05) is 19.7 Å². The molecule has 22 heavy (non-hydrogen) atoms. The number of rotatable bonds is 8. The Hall–Kier alpha value is -2.30. The molecule has 1 aromatic heterocycles. The molecule has 1 N–H and O–H groups in total. The van der Waals surface area contributed by atoms with E-state index in [2.05, 4.69) is 34.2 Å².